The summed E-state index contributed by atoms with van der Waals surface area (Å²) >= 11 is 0. The predicted molar refractivity (Wildman–Crippen MR) is 69.7 cm³/mol. The third-order valence-electron chi connectivity index (χ3n) is 3.50. The number of halogens is 2. The Morgan fingerprint density at radius 3 is 2.63 bits per heavy atom. The Morgan fingerprint density at radius 1 is 1.32 bits per heavy atom. The average molecular weight is 270 g/mol. The lowest BCUT2D eigenvalue weighted by atomic mass is 10.1. The Hall–Kier alpha value is -1.04. The minimum absolute atomic E-state index is 0.0111. The normalized spacial score (nSPS) is 19.3. The van der Waals surface area contributed by atoms with Crippen LogP contribution < -0.4 is 5.32 Å². The molecule has 1 aliphatic rings. The molecule has 0 radical (unpaired) electrons. The van der Waals surface area contributed by atoms with E-state index in [9.17, 15) is 8.78 Å². The van der Waals surface area contributed by atoms with Crippen LogP contribution in [0.15, 0.2) is 18.2 Å². The predicted octanol–water partition coefficient (Wildman–Crippen LogP) is 1.51. The monoisotopic (exact) mass is 270 g/mol. The zero-order valence-corrected chi connectivity index (χ0v) is 10.9. The molecule has 1 heterocycles. The standard InChI is InChI=1S/C14H20F2N2O/c15-13-4-1-5-14(16)12(13)10-18(7-8-19)9-11-3-2-6-17-11/h1,4-5,11,17,19H,2-3,6-10H2. The summed E-state index contributed by atoms with van der Waals surface area (Å²) in [6.07, 6.45) is 2.20. The maximum Gasteiger partial charge on any atom is 0.130 e. The molecule has 0 aromatic heterocycles. The highest BCUT2D eigenvalue weighted by atomic mass is 19.1. The van der Waals surface area contributed by atoms with Gasteiger partial charge in [-0.3, -0.25) is 4.90 Å². The smallest absolute Gasteiger partial charge is 0.130 e. The van der Waals surface area contributed by atoms with Crippen molar-refractivity contribution in [2.24, 2.45) is 0 Å². The number of nitrogens with zero attached hydrogens (tertiary/aromatic N) is 1. The van der Waals surface area contributed by atoms with Gasteiger partial charge in [-0.2, -0.15) is 0 Å². The number of hydrogen-bond donors (Lipinski definition) is 2. The molecular formula is C14H20F2N2O. The molecule has 1 aliphatic heterocycles. The molecule has 0 amide bonds. The summed E-state index contributed by atoms with van der Waals surface area (Å²) in [5, 5.41) is 12.4. The maximum atomic E-state index is 13.6. The number of benzene rings is 1. The van der Waals surface area contributed by atoms with E-state index in [1.165, 1.54) is 18.2 Å². The maximum absolute atomic E-state index is 13.6. The van der Waals surface area contributed by atoms with Crippen LogP contribution in [0.5, 0.6) is 0 Å². The van der Waals surface area contributed by atoms with Crippen molar-refractivity contribution in [3.63, 3.8) is 0 Å². The first kappa shape index (κ1) is 14.4. The summed E-state index contributed by atoms with van der Waals surface area (Å²) in [5.41, 5.74) is 0.0777. The van der Waals surface area contributed by atoms with Gasteiger partial charge in [-0.25, -0.2) is 8.78 Å². The molecule has 0 aliphatic carbocycles. The minimum atomic E-state index is -0.526. The Balaban J connectivity index is 2.02. The molecular weight excluding hydrogens is 250 g/mol. The second kappa shape index (κ2) is 6.93. The minimum Gasteiger partial charge on any atom is -0.395 e. The van der Waals surface area contributed by atoms with Gasteiger partial charge >= 0.3 is 0 Å². The van der Waals surface area contributed by atoms with E-state index in [0.717, 1.165) is 19.4 Å². The van der Waals surface area contributed by atoms with Crippen molar-refractivity contribution in [2.45, 2.75) is 25.4 Å². The third-order valence-corrected chi connectivity index (χ3v) is 3.50. The van der Waals surface area contributed by atoms with E-state index in [1.807, 2.05) is 4.90 Å². The molecule has 3 nitrogen and oxygen atoms in total. The molecule has 19 heavy (non-hydrogen) atoms. The second-order valence-electron chi connectivity index (χ2n) is 4.95. The Labute approximate surface area is 112 Å². The van der Waals surface area contributed by atoms with Crippen LogP contribution in [0.1, 0.15) is 18.4 Å². The van der Waals surface area contributed by atoms with Gasteiger partial charge in [0.2, 0.25) is 0 Å². The molecule has 106 valence electrons. The van der Waals surface area contributed by atoms with Crippen molar-refractivity contribution in [1.82, 2.24) is 10.2 Å². The van der Waals surface area contributed by atoms with Gasteiger partial charge < -0.3 is 10.4 Å². The molecule has 5 heteroatoms. The summed E-state index contributed by atoms with van der Waals surface area (Å²) in [4.78, 5) is 1.89. The van der Waals surface area contributed by atoms with Gasteiger partial charge in [-0.05, 0) is 31.5 Å². The van der Waals surface area contributed by atoms with E-state index in [-0.39, 0.29) is 18.7 Å². The molecule has 1 unspecified atom stereocenters. The molecule has 0 spiro atoms. The van der Waals surface area contributed by atoms with Crippen molar-refractivity contribution in [3.8, 4) is 0 Å². The summed E-state index contributed by atoms with van der Waals surface area (Å²) in [5.74, 6) is -1.05. The average Bonchev–Trinajstić information content (AvgIpc) is 2.87. The van der Waals surface area contributed by atoms with Gasteiger partial charge in [0.25, 0.3) is 0 Å². The van der Waals surface area contributed by atoms with Gasteiger partial charge in [-0.15, -0.1) is 0 Å². The first-order valence-corrected chi connectivity index (χ1v) is 6.70. The van der Waals surface area contributed by atoms with Gasteiger partial charge in [0.1, 0.15) is 11.6 Å². The van der Waals surface area contributed by atoms with Crippen LogP contribution in [-0.4, -0.2) is 42.3 Å². The van der Waals surface area contributed by atoms with Gasteiger partial charge in [-0.1, -0.05) is 6.07 Å². The Bertz CT molecular complexity index is 388. The topological polar surface area (TPSA) is 35.5 Å². The van der Waals surface area contributed by atoms with Crippen LogP contribution in [0, 0.1) is 11.6 Å². The zero-order valence-electron chi connectivity index (χ0n) is 10.9. The SMILES string of the molecule is OCCN(Cc1c(F)cccc1F)CC1CCCN1. The zero-order chi connectivity index (χ0) is 13.7. The number of aliphatic hydroxyl groups excluding tert-OH is 1. The molecule has 1 aromatic rings. The lowest BCUT2D eigenvalue weighted by molar-refractivity contribution is 0.176. The number of rotatable bonds is 6. The number of nitrogens with one attached hydrogen (secondary N) is 1. The van der Waals surface area contributed by atoms with E-state index in [2.05, 4.69) is 5.32 Å². The molecule has 1 atom stereocenters. The molecule has 2 rings (SSSR count). The molecule has 0 saturated carbocycles. The first-order valence-electron chi connectivity index (χ1n) is 6.70. The Morgan fingerprint density at radius 2 is 2.05 bits per heavy atom. The van der Waals surface area contributed by atoms with Crippen LogP contribution in [-0.2, 0) is 6.54 Å². The highest BCUT2D eigenvalue weighted by Crippen LogP contribution is 2.16. The van der Waals surface area contributed by atoms with Crippen LogP contribution in [0.2, 0.25) is 0 Å². The fraction of sp³-hybridized carbons (Fsp3) is 0.571. The fourth-order valence-electron chi connectivity index (χ4n) is 2.51. The summed E-state index contributed by atoms with van der Waals surface area (Å²) < 4.78 is 27.2. The molecule has 1 fully saturated rings. The molecule has 2 N–H and O–H groups in total. The highest BCUT2D eigenvalue weighted by molar-refractivity contribution is 5.19. The molecule has 1 aromatic carbocycles. The van der Waals surface area contributed by atoms with Gasteiger partial charge in [0.05, 0.1) is 6.61 Å². The quantitative estimate of drug-likeness (QED) is 0.822. The number of hydrogen-bond acceptors (Lipinski definition) is 3. The summed E-state index contributed by atoms with van der Waals surface area (Å²) in [7, 11) is 0. The van der Waals surface area contributed by atoms with Crippen molar-refractivity contribution >= 4 is 0 Å². The summed E-state index contributed by atoms with van der Waals surface area (Å²) in [6, 6.07) is 4.25. The van der Waals surface area contributed by atoms with Crippen molar-refractivity contribution in [1.29, 1.82) is 0 Å². The largest absolute Gasteiger partial charge is 0.395 e. The Kier molecular flexibility index (Phi) is 5.24. The van der Waals surface area contributed by atoms with Crippen LogP contribution in [0.25, 0.3) is 0 Å². The molecule has 1 saturated heterocycles. The van der Waals surface area contributed by atoms with Gasteiger partial charge in [0, 0.05) is 31.2 Å². The van der Waals surface area contributed by atoms with E-state index < -0.39 is 11.6 Å². The number of aliphatic hydroxyl groups is 1. The second-order valence-corrected chi connectivity index (χ2v) is 4.95. The van der Waals surface area contributed by atoms with E-state index in [4.69, 9.17) is 5.11 Å². The first-order chi connectivity index (χ1) is 9.20. The third kappa shape index (κ3) is 3.96. The van der Waals surface area contributed by atoms with Crippen molar-refractivity contribution < 1.29 is 13.9 Å². The van der Waals surface area contributed by atoms with Crippen molar-refractivity contribution in [2.75, 3.05) is 26.2 Å². The lowest BCUT2D eigenvalue weighted by Gasteiger charge is -2.25. The van der Waals surface area contributed by atoms with Crippen LogP contribution in [0.3, 0.4) is 0 Å². The molecule has 0 bridgehead atoms. The van der Waals surface area contributed by atoms with Crippen LogP contribution >= 0.6 is 0 Å². The van der Waals surface area contributed by atoms with E-state index >= 15 is 0 Å². The van der Waals surface area contributed by atoms with E-state index in [0.29, 0.717) is 19.1 Å². The fourth-order valence-corrected chi connectivity index (χ4v) is 2.51. The van der Waals surface area contributed by atoms with E-state index in [1.54, 1.807) is 0 Å². The van der Waals surface area contributed by atoms with Crippen LogP contribution in [0.4, 0.5) is 8.78 Å². The van der Waals surface area contributed by atoms with Crippen molar-refractivity contribution in [3.05, 3.63) is 35.4 Å². The lowest BCUT2D eigenvalue weighted by Crippen LogP contribution is -2.38. The van der Waals surface area contributed by atoms with Gasteiger partial charge in [0.15, 0.2) is 0 Å². The summed E-state index contributed by atoms with van der Waals surface area (Å²) in [6.45, 7) is 2.30. The highest BCUT2D eigenvalue weighted by Gasteiger charge is 2.19.